The van der Waals surface area contributed by atoms with Crippen molar-refractivity contribution in [3.8, 4) is 0 Å². The van der Waals surface area contributed by atoms with Crippen LogP contribution in [0.15, 0.2) is 48.5 Å². The van der Waals surface area contributed by atoms with Gasteiger partial charge in [0.1, 0.15) is 5.69 Å². The van der Waals surface area contributed by atoms with Crippen LogP contribution in [-0.4, -0.2) is 22.3 Å². The highest BCUT2D eigenvalue weighted by atomic mass is 16.2. The van der Waals surface area contributed by atoms with Crippen molar-refractivity contribution in [2.45, 2.75) is 27.3 Å². The van der Waals surface area contributed by atoms with E-state index in [1.807, 2.05) is 43.0 Å². The Labute approximate surface area is 136 Å². The number of carbonyl (C=O) groups excluding carboxylic acids is 1. The summed E-state index contributed by atoms with van der Waals surface area (Å²) in [6.45, 7) is 7.41. The normalized spacial score (nSPS) is 10.9. The Morgan fingerprint density at radius 1 is 1.09 bits per heavy atom. The lowest BCUT2D eigenvalue weighted by atomic mass is 10.1. The average Bonchev–Trinajstić information content (AvgIpc) is 2.89. The molecule has 0 unspecified atom stereocenters. The number of amides is 1. The van der Waals surface area contributed by atoms with Gasteiger partial charge in [-0.05, 0) is 44.0 Å². The molecule has 3 rings (SSSR count). The van der Waals surface area contributed by atoms with Gasteiger partial charge in [0, 0.05) is 24.0 Å². The van der Waals surface area contributed by atoms with Crippen LogP contribution >= 0.6 is 0 Å². The minimum Gasteiger partial charge on any atom is -0.350 e. The highest BCUT2D eigenvalue weighted by Crippen LogP contribution is 2.24. The first-order valence-corrected chi connectivity index (χ1v) is 8.02. The highest BCUT2D eigenvalue weighted by molar-refractivity contribution is 6.01. The van der Waals surface area contributed by atoms with E-state index >= 15 is 0 Å². The quantitative estimate of drug-likeness (QED) is 0.759. The van der Waals surface area contributed by atoms with E-state index in [-0.39, 0.29) is 5.91 Å². The first-order chi connectivity index (χ1) is 11.1. The molecule has 0 saturated carbocycles. The molecule has 118 valence electrons. The lowest BCUT2D eigenvalue weighted by Crippen LogP contribution is -2.31. The Bertz CT molecular complexity index is 833. The van der Waals surface area contributed by atoms with Gasteiger partial charge in [0.05, 0.1) is 0 Å². The zero-order chi connectivity index (χ0) is 16.4. The fraction of sp³-hybridized carbons (Fsp3) is 0.250. The standard InChI is InChI=1S/C20H22N2O/c1-4-22(13-16-8-6-5-7-9-16)20(23)19-15(3)17-12-14(2)10-11-18(17)21-19/h5-12,21H,4,13H2,1-3H3. The number of aromatic amines is 1. The molecule has 1 heterocycles. The Morgan fingerprint density at radius 3 is 2.52 bits per heavy atom. The van der Waals surface area contributed by atoms with E-state index in [2.05, 4.69) is 36.2 Å². The van der Waals surface area contributed by atoms with Crippen LogP contribution in [0.25, 0.3) is 10.9 Å². The van der Waals surface area contributed by atoms with Gasteiger partial charge in [-0.2, -0.15) is 0 Å². The monoisotopic (exact) mass is 306 g/mol. The molecule has 3 aromatic rings. The van der Waals surface area contributed by atoms with Crippen molar-refractivity contribution < 1.29 is 4.79 Å². The fourth-order valence-electron chi connectivity index (χ4n) is 2.94. The molecule has 0 fully saturated rings. The number of nitrogens with zero attached hydrogens (tertiary/aromatic N) is 1. The van der Waals surface area contributed by atoms with Gasteiger partial charge in [-0.25, -0.2) is 0 Å². The first-order valence-electron chi connectivity index (χ1n) is 8.02. The number of hydrogen-bond acceptors (Lipinski definition) is 1. The second-order valence-corrected chi connectivity index (χ2v) is 5.98. The SMILES string of the molecule is CCN(Cc1ccccc1)C(=O)c1[nH]c2ccc(C)cc2c1C. The van der Waals surface area contributed by atoms with Crippen LogP contribution in [0, 0.1) is 13.8 Å². The maximum atomic E-state index is 13.0. The smallest absolute Gasteiger partial charge is 0.270 e. The second-order valence-electron chi connectivity index (χ2n) is 5.98. The number of H-pyrrole nitrogens is 1. The first kappa shape index (κ1) is 15.3. The molecule has 0 aliphatic carbocycles. The van der Waals surface area contributed by atoms with Crippen LogP contribution in [0.1, 0.15) is 34.1 Å². The van der Waals surface area contributed by atoms with Gasteiger partial charge in [-0.15, -0.1) is 0 Å². The Hall–Kier alpha value is -2.55. The molecule has 0 spiro atoms. The molecule has 1 N–H and O–H groups in total. The van der Waals surface area contributed by atoms with Crippen molar-refractivity contribution in [1.29, 1.82) is 0 Å². The van der Waals surface area contributed by atoms with Crippen molar-refractivity contribution in [2.75, 3.05) is 6.54 Å². The zero-order valence-corrected chi connectivity index (χ0v) is 13.9. The van der Waals surface area contributed by atoms with E-state index in [1.54, 1.807) is 0 Å². The summed E-state index contributed by atoms with van der Waals surface area (Å²) in [5.41, 5.74) is 5.10. The fourth-order valence-corrected chi connectivity index (χ4v) is 2.94. The molecule has 0 bridgehead atoms. The molecule has 3 nitrogen and oxygen atoms in total. The summed E-state index contributed by atoms with van der Waals surface area (Å²) in [6, 6.07) is 16.3. The zero-order valence-electron chi connectivity index (χ0n) is 13.9. The third kappa shape index (κ3) is 3.00. The second kappa shape index (κ2) is 6.29. The number of carbonyl (C=O) groups is 1. The van der Waals surface area contributed by atoms with E-state index < -0.39 is 0 Å². The number of hydrogen-bond donors (Lipinski definition) is 1. The van der Waals surface area contributed by atoms with E-state index in [0.717, 1.165) is 22.0 Å². The van der Waals surface area contributed by atoms with Crippen LogP contribution < -0.4 is 0 Å². The third-order valence-corrected chi connectivity index (χ3v) is 4.31. The lowest BCUT2D eigenvalue weighted by molar-refractivity contribution is 0.0747. The van der Waals surface area contributed by atoms with Gasteiger partial charge < -0.3 is 9.88 Å². The highest BCUT2D eigenvalue weighted by Gasteiger charge is 2.20. The predicted octanol–water partition coefficient (Wildman–Crippen LogP) is 4.45. The van der Waals surface area contributed by atoms with Crippen LogP contribution in [0.4, 0.5) is 0 Å². The van der Waals surface area contributed by atoms with Gasteiger partial charge in [0.2, 0.25) is 0 Å². The number of rotatable bonds is 4. The molecule has 1 amide bonds. The molecular weight excluding hydrogens is 284 g/mol. The summed E-state index contributed by atoms with van der Waals surface area (Å²) in [5, 5.41) is 1.13. The van der Waals surface area contributed by atoms with Gasteiger partial charge >= 0.3 is 0 Å². The number of fused-ring (bicyclic) bond motifs is 1. The van der Waals surface area contributed by atoms with Crippen LogP contribution in [0.5, 0.6) is 0 Å². The van der Waals surface area contributed by atoms with E-state index in [0.29, 0.717) is 18.8 Å². The van der Waals surface area contributed by atoms with E-state index in [4.69, 9.17) is 0 Å². The number of aryl methyl sites for hydroxylation is 2. The molecule has 0 aliphatic heterocycles. The summed E-state index contributed by atoms with van der Waals surface area (Å²) in [5.74, 6) is 0.0581. The van der Waals surface area contributed by atoms with Crippen LogP contribution in [-0.2, 0) is 6.54 Å². The maximum Gasteiger partial charge on any atom is 0.270 e. The van der Waals surface area contributed by atoms with Crippen molar-refractivity contribution in [2.24, 2.45) is 0 Å². The van der Waals surface area contributed by atoms with E-state index in [1.165, 1.54) is 5.56 Å². The third-order valence-electron chi connectivity index (χ3n) is 4.31. The molecule has 0 aliphatic rings. The topological polar surface area (TPSA) is 36.1 Å². The molecule has 23 heavy (non-hydrogen) atoms. The molecule has 3 heteroatoms. The molecule has 2 aromatic carbocycles. The lowest BCUT2D eigenvalue weighted by Gasteiger charge is -2.20. The van der Waals surface area contributed by atoms with Crippen molar-refractivity contribution >= 4 is 16.8 Å². The molecular formula is C20H22N2O. The number of nitrogens with one attached hydrogen (secondary N) is 1. The summed E-state index contributed by atoms with van der Waals surface area (Å²) in [6.07, 6.45) is 0. The number of aromatic nitrogens is 1. The summed E-state index contributed by atoms with van der Waals surface area (Å²) >= 11 is 0. The predicted molar refractivity (Wildman–Crippen MR) is 94.6 cm³/mol. The van der Waals surface area contributed by atoms with Crippen molar-refractivity contribution in [1.82, 2.24) is 9.88 Å². The van der Waals surface area contributed by atoms with Gasteiger partial charge in [-0.3, -0.25) is 4.79 Å². The van der Waals surface area contributed by atoms with E-state index in [9.17, 15) is 4.79 Å². The molecule has 0 radical (unpaired) electrons. The summed E-state index contributed by atoms with van der Waals surface area (Å²) in [7, 11) is 0. The summed E-state index contributed by atoms with van der Waals surface area (Å²) in [4.78, 5) is 18.1. The van der Waals surface area contributed by atoms with Gasteiger partial charge in [0.25, 0.3) is 5.91 Å². The van der Waals surface area contributed by atoms with Crippen molar-refractivity contribution in [3.05, 3.63) is 70.9 Å². The number of benzene rings is 2. The van der Waals surface area contributed by atoms with Crippen LogP contribution in [0.3, 0.4) is 0 Å². The molecule has 0 saturated heterocycles. The minimum absolute atomic E-state index is 0.0581. The van der Waals surface area contributed by atoms with Crippen molar-refractivity contribution in [3.63, 3.8) is 0 Å². The molecule has 1 aromatic heterocycles. The Morgan fingerprint density at radius 2 is 1.83 bits per heavy atom. The minimum atomic E-state index is 0.0581. The largest absolute Gasteiger partial charge is 0.350 e. The van der Waals surface area contributed by atoms with Gasteiger partial charge in [0.15, 0.2) is 0 Å². The summed E-state index contributed by atoms with van der Waals surface area (Å²) < 4.78 is 0. The van der Waals surface area contributed by atoms with Gasteiger partial charge in [-0.1, -0.05) is 42.0 Å². The maximum absolute atomic E-state index is 13.0. The van der Waals surface area contributed by atoms with Crippen LogP contribution in [0.2, 0.25) is 0 Å². The Balaban J connectivity index is 1.93. The Kier molecular flexibility index (Phi) is 4.20. The molecule has 0 atom stereocenters. The average molecular weight is 306 g/mol.